The second-order valence-corrected chi connectivity index (χ2v) is 7.94. The van der Waals surface area contributed by atoms with Gasteiger partial charge in [-0.15, -0.1) is 11.3 Å². The molecule has 0 saturated carbocycles. The number of aryl methyl sites for hydroxylation is 2. The number of fused-ring (bicyclic) bond motifs is 3. The highest BCUT2D eigenvalue weighted by Gasteiger charge is 2.23. The van der Waals surface area contributed by atoms with E-state index in [0.29, 0.717) is 6.04 Å². The van der Waals surface area contributed by atoms with Crippen molar-refractivity contribution in [2.24, 2.45) is 0 Å². The molecule has 0 aromatic carbocycles. The maximum atomic E-state index is 4.94. The fraction of sp³-hybridized carbons (Fsp3) is 0.421. The Balaban J connectivity index is 1.67. The van der Waals surface area contributed by atoms with Crippen LogP contribution < -0.4 is 10.6 Å². The number of rotatable bonds is 3. The zero-order chi connectivity index (χ0) is 16.6. The summed E-state index contributed by atoms with van der Waals surface area (Å²) in [6, 6.07) is 4.41. The number of thiophene rings is 1. The van der Waals surface area contributed by atoms with Gasteiger partial charge in [-0.05, 0) is 56.3 Å². The number of hydrogen-bond donors (Lipinski definition) is 2. The molecule has 2 N–H and O–H groups in total. The predicted molar refractivity (Wildman–Crippen MR) is 102 cm³/mol. The van der Waals surface area contributed by atoms with Crippen molar-refractivity contribution in [2.45, 2.75) is 38.1 Å². The molecule has 4 heterocycles. The van der Waals surface area contributed by atoms with Crippen LogP contribution in [-0.2, 0) is 12.8 Å². The molecule has 25 heavy (non-hydrogen) atoms. The average molecular weight is 351 g/mol. The first-order valence-corrected chi connectivity index (χ1v) is 9.90. The molecular formula is C19H21N5S. The first-order chi connectivity index (χ1) is 12.4. The van der Waals surface area contributed by atoms with E-state index in [1.807, 2.05) is 23.5 Å². The fourth-order valence-electron chi connectivity index (χ4n) is 3.86. The molecule has 5 rings (SSSR count). The van der Waals surface area contributed by atoms with Gasteiger partial charge in [-0.2, -0.15) is 0 Å². The standard InChI is InChI=1S/C19H21N5S/c1-2-4-15-14(3-1)16-18(22-13-7-10-21-11-13)23-17(24-19(16)25-15)12-5-8-20-9-6-12/h5-6,8-9,13,21H,1-4,7,10-11H2,(H,22,23,24)/t13-/m0/s1. The Bertz CT molecular complexity index is 899. The minimum absolute atomic E-state index is 0.447. The molecule has 1 aliphatic carbocycles. The molecule has 1 saturated heterocycles. The summed E-state index contributed by atoms with van der Waals surface area (Å²) < 4.78 is 0. The fourth-order valence-corrected chi connectivity index (χ4v) is 5.12. The summed E-state index contributed by atoms with van der Waals surface area (Å²) in [5.74, 6) is 1.81. The average Bonchev–Trinajstić information content (AvgIpc) is 3.29. The van der Waals surface area contributed by atoms with Gasteiger partial charge in [-0.1, -0.05) is 0 Å². The summed E-state index contributed by atoms with van der Waals surface area (Å²) in [5.41, 5.74) is 2.51. The van der Waals surface area contributed by atoms with Crippen LogP contribution in [0.5, 0.6) is 0 Å². The molecule has 0 unspecified atom stereocenters. The topological polar surface area (TPSA) is 62.7 Å². The van der Waals surface area contributed by atoms with Crippen LogP contribution in [0.2, 0.25) is 0 Å². The summed E-state index contributed by atoms with van der Waals surface area (Å²) in [6.07, 6.45) is 9.65. The van der Waals surface area contributed by atoms with Crippen LogP contribution in [-0.4, -0.2) is 34.1 Å². The minimum atomic E-state index is 0.447. The molecule has 0 amide bonds. The Morgan fingerprint density at radius 1 is 1.12 bits per heavy atom. The van der Waals surface area contributed by atoms with Crippen LogP contribution in [0.25, 0.3) is 21.6 Å². The Hall–Kier alpha value is -2.05. The molecule has 128 valence electrons. The van der Waals surface area contributed by atoms with E-state index in [4.69, 9.17) is 9.97 Å². The van der Waals surface area contributed by atoms with Crippen molar-refractivity contribution in [3.63, 3.8) is 0 Å². The SMILES string of the molecule is c1cc(-c2nc(N[C@H]3CCNC3)c3c4c(sc3n2)CCCC4)ccn1. The molecule has 1 atom stereocenters. The van der Waals surface area contributed by atoms with Gasteiger partial charge < -0.3 is 10.6 Å². The first-order valence-electron chi connectivity index (χ1n) is 9.08. The molecule has 3 aromatic heterocycles. The highest BCUT2D eigenvalue weighted by Crippen LogP contribution is 2.39. The van der Waals surface area contributed by atoms with Crippen molar-refractivity contribution < 1.29 is 0 Å². The molecule has 0 spiro atoms. The van der Waals surface area contributed by atoms with Crippen LogP contribution >= 0.6 is 11.3 Å². The molecule has 0 radical (unpaired) electrons. The Morgan fingerprint density at radius 2 is 2.00 bits per heavy atom. The maximum absolute atomic E-state index is 4.94. The predicted octanol–water partition coefficient (Wildman–Crippen LogP) is 3.41. The lowest BCUT2D eigenvalue weighted by molar-refractivity contribution is 0.700. The van der Waals surface area contributed by atoms with Crippen molar-refractivity contribution in [1.82, 2.24) is 20.3 Å². The summed E-state index contributed by atoms with van der Waals surface area (Å²) in [7, 11) is 0. The molecule has 1 fully saturated rings. The Kier molecular flexibility index (Phi) is 3.87. The highest BCUT2D eigenvalue weighted by atomic mass is 32.1. The summed E-state index contributed by atoms with van der Waals surface area (Å²) >= 11 is 1.86. The second-order valence-electron chi connectivity index (χ2n) is 6.86. The lowest BCUT2D eigenvalue weighted by atomic mass is 9.97. The Labute approximate surface area is 150 Å². The van der Waals surface area contributed by atoms with Crippen LogP contribution in [0.15, 0.2) is 24.5 Å². The smallest absolute Gasteiger partial charge is 0.163 e. The third-order valence-corrected chi connectivity index (χ3v) is 6.34. The van der Waals surface area contributed by atoms with Crippen LogP contribution in [0.1, 0.15) is 29.7 Å². The number of nitrogens with one attached hydrogen (secondary N) is 2. The summed E-state index contributed by atoms with van der Waals surface area (Å²) in [4.78, 5) is 16.6. The van der Waals surface area contributed by atoms with Gasteiger partial charge in [0.2, 0.25) is 0 Å². The lowest BCUT2D eigenvalue weighted by Gasteiger charge is -2.16. The van der Waals surface area contributed by atoms with E-state index < -0.39 is 0 Å². The Morgan fingerprint density at radius 3 is 2.84 bits per heavy atom. The summed E-state index contributed by atoms with van der Waals surface area (Å²) in [6.45, 7) is 2.08. The van der Waals surface area contributed by atoms with Crippen LogP contribution in [0.3, 0.4) is 0 Å². The molecule has 6 heteroatoms. The quantitative estimate of drug-likeness (QED) is 0.757. The normalized spacial score (nSPS) is 19.9. The molecular weight excluding hydrogens is 330 g/mol. The van der Waals surface area contributed by atoms with Gasteiger partial charge in [0, 0.05) is 35.4 Å². The molecule has 5 nitrogen and oxygen atoms in total. The highest BCUT2D eigenvalue weighted by molar-refractivity contribution is 7.19. The van der Waals surface area contributed by atoms with Gasteiger partial charge in [-0.25, -0.2) is 9.97 Å². The largest absolute Gasteiger partial charge is 0.365 e. The van der Waals surface area contributed by atoms with Crippen LogP contribution in [0.4, 0.5) is 5.82 Å². The third kappa shape index (κ3) is 2.79. The monoisotopic (exact) mass is 351 g/mol. The number of aromatic nitrogens is 3. The van der Waals surface area contributed by atoms with E-state index in [0.717, 1.165) is 48.0 Å². The van der Waals surface area contributed by atoms with Gasteiger partial charge in [0.25, 0.3) is 0 Å². The van der Waals surface area contributed by atoms with E-state index in [-0.39, 0.29) is 0 Å². The van der Waals surface area contributed by atoms with Crippen LogP contribution in [0, 0.1) is 0 Å². The molecule has 0 bridgehead atoms. The first kappa shape index (κ1) is 15.2. The van der Waals surface area contributed by atoms with E-state index in [9.17, 15) is 0 Å². The van der Waals surface area contributed by atoms with Gasteiger partial charge >= 0.3 is 0 Å². The number of anilines is 1. The number of nitrogens with zero attached hydrogens (tertiary/aromatic N) is 3. The van der Waals surface area contributed by atoms with Gasteiger partial charge in [0.1, 0.15) is 10.6 Å². The van der Waals surface area contributed by atoms with Crippen molar-refractivity contribution in [1.29, 1.82) is 0 Å². The molecule has 1 aliphatic heterocycles. The third-order valence-electron chi connectivity index (χ3n) is 5.15. The maximum Gasteiger partial charge on any atom is 0.163 e. The van der Waals surface area contributed by atoms with E-state index in [1.54, 1.807) is 12.4 Å². The zero-order valence-electron chi connectivity index (χ0n) is 14.1. The van der Waals surface area contributed by atoms with Gasteiger partial charge in [-0.3, -0.25) is 4.98 Å². The molecule has 3 aromatic rings. The van der Waals surface area contributed by atoms with Crippen molar-refractivity contribution in [2.75, 3.05) is 18.4 Å². The second kappa shape index (κ2) is 6.35. The van der Waals surface area contributed by atoms with E-state index >= 15 is 0 Å². The van der Waals surface area contributed by atoms with E-state index in [2.05, 4.69) is 15.6 Å². The minimum Gasteiger partial charge on any atom is -0.365 e. The molecule has 2 aliphatic rings. The number of pyridine rings is 1. The van der Waals surface area contributed by atoms with Crippen molar-refractivity contribution in [3.05, 3.63) is 35.0 Å². The van der Waals surface area contributed by atoms with Crippen molar-refractivity contribution >= 4 is 27.4 Å². The van der Waals surface area contributed by atoms with Gasteiger partial charge in [0.05, 0.1) is 5.39 Å². The zero-order valence-corrected chi connectivity index (χ0v) is 14.9. The lowest BCUT2D eigenvalue weighted by Crippen LogP contribution is -2.23. The van der Waals surface area contributed by atoms with Crippen molar-refractivity contribution in [3.8, 4) is 11.4 Å². The van der Waals surface area contributed by atoms with E-state index in [1.165, 1.54) is 35.1 Å². The van der Waals surface area contributed by atoms with Gasteiger partial charge in [0.15, 0.2) is 5.82 Å². The number of hydrogen-bond acceptors (Lipinski definition) is 6. The summed E-state index contributed by atoms with van der Waals surface area (Å²) in [5, 5.41) is 8.41.